The van der Waals surface area contributed by atoms with E-state index in [-0.39, 0.29) is 11.3 Å². The zero-order valence-corrected chi connectivity index (χ0v) is 15.8. The van der Waals surface area contributed by atoms with Crippen LogP contribution in [-0.2, 0) is 10.0 Å². The number of rotatable bonds is 7. The second-order valence-electron chi connectivity index (χ2n) is 6.00. The molecular formula is C17H16F3N3O5S. The minimum absolute atomic E-state index is 0.161. The Kier molecular flexibility index (Phi) is 6.47. The van der Waals surface area contributed by atoms with Crippen LogP contribution in [0.3, 0.4) is 0 Å². The highest BCUT2D eigenvalue weighted by atomic mass is 32.2. The maximum Gasteiger partial charge on any atom is 0.390 e. The number of nitro benzene ring substituents is 1. The number of para-hydroxylation sites is 1. The van der Waals surface area contributed by atoms with Gasteiger partial charge in [-0.15, -0.1) is 0 Å². The molecule has 0 aliphatic heterocycles. The minimum atomic E-state index is -4.45. The van der Waals surface area contributed by atoms with Crippen LogP contribution in [0.2, 0.25) is 0 Å². The number of halogens is 3. The van der Waals surface area contributed by atoms with Crippen molar-refractivity contribution in [3.63, 3.8) is 0 Å². The first kappa shape index (κ1) is 22.1. The molecule has 0 aliphatic rings. The molecule has 0 radical (unpaired) electrons. The molecule has 0 spiro atoms. The Morgan fingerprint density at radius 2 is 1.83 bits per heavy atom. The average molecular weight is 431 g/mol. The number of alkyl halides is 3. The molecule has 1 N–H and O–H groups in total. The van der Waals surface area contributed by atoms with E-state index in [9.17, 15) is 36.5 Å². The molecule has 8 nitrogen and oxygen atoms in total. The molecule has 0 saturated carbocycles. The molecule has 0 aromatic heterocycles. The van der Waals surface area contributed by atoms with Gasteiger partial charge >= 0.3 is 6.18 Å². The Balaban J connectivity index is 2.29. The van der Waals surface area contributed by atoms with Gasteiger partial charge in [0.25, 0.3) is 21.6 Å². The first-order valence-corrected chi connectivity index (χ1v) is 9.57. The third kappa shape index (κ3) is 5.91. The first-order chi connectivity index (χ1) is 13.4. The van der Waals surface area contributed by atoms with Crippen LogP contribution < -0.4 is 4.72 Å². The third-order valence-electron chi connectivity index (χ3n) is 3.82. The van der Waals surface area contributed by atoms with Gasteiger partial charge in [0, 0.05) is 25.7 Å². The highest BCUT2D eigenvalue weighted by Crippen LogP contribution is 2.24. The van der Waals surface area contributed by atoms with E-state index in [0.29, 0.717) is 0 Å². The van der Waals surface area contributed by atoms with Crippen molar-refractivity contribution in [1.82, 2.24) is 4.90 Å². The lowest BCUT2D eigenvalue weighted by molar-refractivity contribution is -0.385. The summed E-state index contributed by atoms with van der Waals surface area (Å²) in [5.41, 5.74) is -0.766. The molecule has 1 amide bonds. The van der Waals surface area contributed by atoms with E-state index < -0.39 is 50.6 Å². The number of hydrogen-bond donors (Lipinski definition) is 1. The van der Waals surface area contributed by atoms with Crippen molar-refractivity contribution in [2.24, 2.45) is 0 Å². The number of benzene rings is 2. The highest BCUT2D eigenvalue weighted by molar-refractivity contribution is 7.92. The number of hydrogen-bond acceptors (Lipinski definition) is 5. The summed E-state index contributed by atoms with van der Waals surface area (Å²) in [5.74, 6) is -0.813. The van der Waals surface area contributed by atoms with Crippen LogP contribution in [0.15, 0.2) is 53.4 Å². The Hall–Kier alpha value is -3.15. The van der Waals surface area contributed by atoms with Gasteiger partial charge in [-0.25, -0.2) is 8.42 Å². The molecule has 0 bridgehead atoms. The highest BCUT2D eigenvalue weighted by Gasteiger charge is 2.29. The number of anilines is 1. The average Bonchev–Trinajstić information content (AvgIpc) is 2.65. The monoisotopic (exact) mass is 431 g/mol. The van der Waals surface area contributed by atoms with Crippen LogP contribution in [0.5, 0.6) is 0 Å². The lowest BCUT2D eigenvalue weighted by atomic mass is 10.1. The van der Waals surface area contributed by atoms with Gasteiger partial charge in [0.1, 0.15) is 0 Å². The molecule has 0 atom stereocenters. The minimum Gasteiger partial charge on any atom is -0.341 e. The number of sulfonamides is 1. The molecule has 2 aromatic carbocycles. The maximum absolute atomic E-state index is 12.6. The Morgan fingerprint density at radius 1 is 1.17 bits per heavy atom. The predicted octanol–water partition coefficient (Wildman–Crippen LogP) is 3.42. The van der Waals surface area contributed by atoms with E-state index in [1.54, 1.807) is 0 Å². The summed E-state index contributed by atoms with van der Waals surface area (Å²) in [4.78, 5) is 23.0. The fourth-order valence-corrected chi connectivity index (χ4v) is 3.45. The molecule has 156 valence electrons. The summed E-state index contributed by atoms with van der Waals surface area (Å²) in [5, 5.41) is 10.8. The molecule has 0 saturated heterocycles. The number of amides is 1. The number of nitrogens with one attached hydrogen (secondary N) is 1. The van der Waals surface area contributed by atoms with Gasteiger partial charge < -0.3 is 4.90 Å². The molecule has 0 unspecified atom stereocenters. The number of non-ortho nitro benzene ring substituents is 1. The lowest BCUT2D eigenvalue weighted by Crippen LogP contribution is -2.31. The van der Waals surface area contributed by atoms with Gasteiger partial charge in [0.15, 0.2) is 0 Å². The molecule has 0 fully saturated rings. The van der Waals surface area contributed by atoms with E-state index in [4.69, 9.17) is 0 Å². The van der Waals surface area contributed by atoms with E-state index in [1.807, 2.05) is 0 Å². The number of carbonyl (C=O) groups excluding carboxylic acids is 1. The van der Waals surface area contributed by atoms with Crippen molar-refractivity contribution in [3.8, 4) is 0 Å². The molecule has 0 heterocycles. The standard InChI is InChI=1S/C17H16F3N3O5S/c1-22(10-9-17(18,19)20)16(24)14-7-2-3-8-15(14)21-29(27,28)13-6-4-5-12(11-13)23(25)26/h2-8,11,21H,9-10H2,1H3. The molecular weight excluding hydrogens is 415 g/mol. The molecule has 2 rings (SSSR count). The fraction of sp³-hybridized carbons (Fsp3) is 0.235. The van der Waals surface area contributed by atoms with E-state index in [0.717, 1.165) is 23.1 Å². The predicted molar refractivity (Wildman–Crippen MR) is 98.0 cm³/mol. The van der Waals surface area contributed by atoms with E-state index >= 15 is 0 Å². The Bertz CT molecular complexity index is 1020. The van der Waals surface area contributed by atoms with Gasteiger partial charge in [0.05, 0.1) is 27.5 Å². The van der Waals surface area contributed by atoms with Crippen molar-refractivity contribution >= 4 is 27.3 Å². The van der Waals surface area contributed by atoms with Gasteiger partial charge in [-0.2, -0.15) is 13.2 Å². The van der Waals surface area contributed by atoms with Crippen molar-refractivity contribution in [3.05, 3.63) is 64.2 Å². The third-order valence-corrected chi connectivity index (χ3v) is 5.18. The quantitative estimate of drug-likeness (QED) is 0.534. The number of nitro groups is 1. The topological polar surface area (TPSA) is 110 Å². The second kappa shape index (κ2) is 8.47. The summed E-state index contributed by atoms with van der Waals surface area (Å²) in [7, 11) is -3.13. The van der Waals surface area contributed by atoms with Crippen LogP contribution >= 0.6 is 0 Å². The molecule has 29 heavy (non-hydrogen) atoms. The zero-order valence-electron chi connectivity index (χ0n) is 15.0. The summed E-state index contributed by atoms with van der Waals surface area (Å²) >= 11 is 0. The second-order valence-corrected chi connectivity index (χ2v) is 7.68. The van der Waals surface area contributed by atoms with Gasteiger partial charge in [0.2, 0.25) is 0 Å². The van der Waals surface area contributed by atoms with Crippen molar-refractivity contribution < 1.29 is 31.3 Å². The van der Waals surface area contributed by atoms with Crippen LogP contribution in [0.25, 0.3) is 0 Å². The summed E-state index contributed by atoms with van der Waals surface area (Å²) in [6.07, 6.45) is -5.66. The van der Waals surface area contributed by atoms with Crippen molar-refractivity contribution in [1.29, 1.82) is 0 Å². The summed E-state index contributed by atoms with van der Waals surface area (Å²) < 4.78 is 64.4. The first-order valence-electron chi connectivity index (χ1n) is 8.09. The Labute approximate surface area is 164 Å². The molecule has 2 aromatic rings. The smallest absolute Gasteiger partial charge is 0.341 e. The Morgan fingerprint density at radius 3 is 2.45 bits per heavy atom. The largest absolute Gasteiger partial charge is 0.390 e. The maximum atomic E-state index is 12.6. The summed E-state index contributed by atoms with van der Waals surface area (Å²) in [6.45, 7) is -0.603. The molecule has 12 heteroatoms. The van der Waals surface area contributed by atoms with E-state index in [1.165, 1.54) is 37.4 Å². The van der Waals surface area contributed by atoms with Gasteiger partial charge in [-0.1, -0.05) is 18.2 Å². The van der Waals surface area contributed by atoms with Gasteiger partial charge in [-0.05, 0) is 18.2 Å². The molecule has 0 aliphatic carbocycles. The van der Waals surface area contributed by atoms with Crippen LogP contribution in [-0.4, -0.2) is 43.9 Å². The lowest BCUT2D eigenvalue weighted by Gasteiger charge is -2.20. The number of nitrogens with zero attached hydrogens (tertiary/aromatic N) is 2. The summed E-state index contributed by atoms with van der Waals surface area (Å²) in [6, 6.07) is 9.67. The fourth-order valence-electron chi connectivity index (χ4n) is 2.33. The van der Waals surface area contributed by atoms with Gasteiger partial charge in [-0.3, -0.25) is 19.6 Å². The van der Waals surface area contributed by atoms with Crippen molar-refractivity contribution in [2.75, 3.05) is 18.3 Å². The number of carbonyl (C=O) groups is 1. The van der Waals surface area contributed by atoms with Crippen LogP contribution in [0.4, 0.5) is 24.5 Å². The van der Waals surface area contributed by atoms with Crippen molar-refractivity contribution in [2.45, 2.75) is 17.5 Å². The zero-order chi connectivity index (χ0) is 21.8. The normalized spacial score (nSPS) is 11.7. The van der Waals surface area contributed by atoms with Crippen LogP contribution in [0, 0.1) is 10.1 Å². The van der Waals surface area contributed by atoms with E-state index in [2.05, 4.69) is 4.72 Å². The van der Waals surface area contributed by atoms with Crippen LogP contribution in [0.1, 0.15) is 16.8 Å². The SMILES string of the molecule is CN(CCC(F)(F)F)C(=O)c1ccccc1NS(=O)(=O)c1cccc([N+](=O)[O-])c1.